The van der Waals surface area contributed by atoms with Crippen LogP contribution in [0.3, 0.4) is 0 Å². The van der Waals surface area contributed by atoms with Crippen LogP contribution in [0.1, 0.15) is 28.2 Å². The highest BCUT2D eigenvalue weighted by Crippen LogP contribution is 2.22. The Morgan fingerprint density at radius 3 is 2.42 bits per heavy atom. The summed E-state index contributed by atoms with van der Waals surface area (Å²) < 4.78 is 1.41. The van der Waals surface area contributed by atoms with E-state index in [2.05, 4.69) is 26.5 Å². The minimum atomic E-state index is -0.238. The van der Waals surface area contributed by atoms with Crippen molar-refractivity contribution >= 4 is 11.7 Å². The number of aryl methyl sites for hydroxylation is 3. The average molecular weight is 346 g/mol. The van der Waals surface area contributed by atoms with Crippen LogP contribution < -0.4 is 5.32 Å². The third kappa shape index (κ3) is 3.59. The number of carbonyl (C=O) groups is 1. The molecule has 3 rings (SSSR count). The molecule has 130 valence electrons. The van der Waals surface area contributed by atoms with Gasteiger partial charge < -0.3 is 5.32 Å². The lowest BCUT2D eigenvalue weighted by atomic mass is 10.1. The summed E-state index contributed by atoms with van der Waals surface area (Å²) in [6.45, 7) is 5.42. The summed E-state index contributed by atoms with van der Waals surface area (Å²) in [5.41, 5.74) is 3.25. The van der Waals surface area contributed by atoms with Gasteiger partial charge >= 0.3 is 0 Å². The number of nitrogens with zero attached hydrogens (tertiary/aromatic N) is 5. The van der Waals surface area contributed by atoms with Crippen molar-refractivity contribution in [3.8, 4) is 12.0 Å². The van der Waals surface area contributed by atoms with E-state index < -0.39 is 0 Å². The van der Waals surface area contributed by atoms with Crippen LogP contribution in [-0.4, -0.2) is 25.7 Å². The monoisotopic (exact) mass is 346 g/mol. The molecule has 0 radical (unpaired) electrons. The predicted octanol–water partition coefficient (Wildman–Crippen LogP) is 2.64. The van der Waals surface area contributed by atoms with Crippen LogP contribution in [-0.2, 0) is 11.2 Å². The third-order valence-corrected chi connectivity index (χ3v) is 3.80. The first kappa shape index (κ1) is 17.3. The Morgan fingerprint density at radius 2 is 1.81 bits per heavy atom. The predicted molar refractivity (Wildman–Crippen MR) is 96.9 cm³/mol. The van der Waals surface area contributed by atoms with Crippen LogP contribution in [0.5, 0.6) is 0 Å². The highest BCUT2D eigenvalue weighted by molar-refractivity contribution is 5.93. The first-order chi connectivity index (χ1) is 12.5. The van der Waals surface area contributed by atoms with Gasteiger partial charge in [-0.05, 0) is 32.4 Å². The van der Waals surface area contributed by atoms with Crippen molar-refractivity contribution in [3.05, 3.63) is 64.6 Å². The van der Waals surface area contributed by atoms with Gasteiger partial charge in [-0.2, -0.15) is 15.0 Å². The molecular formula is C19H18N6O. The number of hydrogen-bond acceptors (Lipinski definition) is 5. The Kier molecular flexibility index (Phi) is 4.76. The SMILES string of the molecule is Cc1cc(C)nc(-n2nc(C)c(C#N)c2NC(=O)Cc2ccccc2)n1. The van der Waals surface area contributed by atoms with Crippen molar-refractivity contribution in [2.24, 2.45) is 0 Å². The Balaban J connectivity index is 1.98. The van der Waals surface area contributed by atoms with Crippen LogP contribution >= 0.6 is 0 Å². The van der Waals surface area contributed by atoms with Gasteiger partial charge in [-0.3, -0.25) is 4.79 Å². The zero-order chi connectivity index (χ0) is 18.7. The molecule has 0 unspecified atom stereocenters. The number of amides is 1. The lowest BCUT2D eigenvalue weighted by Crippen LogP contribution is -2.19. The van der Waals surface area contributed by atoms with Gasteiger partial charge in [0.05, 0.1) is 12.1 Å². The van der Waals surface area contributed by atoms with Crippen molar-refractivity contribution in [1.29, 1.82) is 5.26 Å². The van der Waals surface area contributed by atoms with Gasteiger partial charge in [-0.15, -0.1) is 0 Å². The molecule has 1 aromatic carbocycles. The van der Waals surface area contributed by atoms with Gasteiger partial charge in [0.1, 0.15) is 11.6 Å². The van der Waals surface area contributed by atoms with Crippen molar-refractivity contribution in [2.75, 3.05) is 5.32 Å². The maximum Gasteiger partial charge on any atom is 0.252 e. The number of hydrogen-bond donors (Lipinski definition) is 1. The molecule has 0 spiro atoms. The van der Waals surface area contributed by atoms with E-state index in [0.717, 1.165) is 17.0 Å². The molecule has 0 aliphatic rings. The summed E-state index contributed by atoms with van der Waals surface area (Å²) in [5, 5.41) is 16.6. The standard InChI is InChI=1S/C19H18N6O/c1-12-9-13(2)22-19(21-12)25-18(16(11-20)14(3)24-25)23-17(26)10-15-7-5-4-6-8-15/h4-9H,10H2,1-3H3,(H,23,26). The molecule has 0 saturated heterocycles. The molecule has 0 aliphatic carbocycles. The maximum absolute atomic E-state index is 12.5. The number of rotatable bonds is 4. The smallest absolute Gasteiger partial charge is 0.252 e. The molecule has 0 aliphatic heterocycles. The van der Waals surface area contributed by atoms with Gasteiger partial charge in [0, 0.05) is 11.4 Å². The van der Waals surface area contributed by atoms with Crippen LogP contribution in [0.25, 0.3) is 5.95 Å². The second kappa shape index (κ2) is 7.15. The number of nitrogens with one attached hydrogen (secondary N) is 1. The van der Waals surface area contributed by atoms with Gasteiger partial charge in [0.25, 0.3) is 5.95 Å². The number of benzene rings is 1. The van der Waals surface area contributed by atoms with Crippen LogP contribution in [0.2, 0.25) is 0 Å². The summed E-state index contributed by atoms with van der Waals surface area (Å²) in [5.74, 6) is 0.372. The summed E-state index contributed by atoms with van der Waals surface area (Å²) in [6.07, 6.45) is 0.198. The molecule has 2 aromatic heterocycles. The minimum absolute atomic E-state index is 0.198. The van der Waals surface area contributed by atoms with E-state index in [4.69, 9.17) is 0 Å². The van der Waals surface area contributed by atoms with E-state index in [1.165, 1.54) is 4.68 Å². The molecule has 1 N–H and O–H groups in total. The molecular weight excluding hydrogens is 328 g/mol. The molecule has 3 aromatic rings. The van der Waals surface area contributed by atoms with Crippen LogP contribution in [0.4, 0.5) is 5.82 Å². The lowest BCUT2D eigenvalue weighted by molar-refractivity contribution is -0.115. The van der Waals surface area contributed by atoms with E-state index in [0.29, 0.717) is 17.2 Å². The molecule has 1 amide bonds. The van der Waals surface area contributed by atoms with E-state index in [1.54, 1.807) is 6.92 Å². The Hall–Kier alpha value is -3.53. The Bertz CT molecular complexity index is 981. The molecule has 2 heterocycles. The van der Waals surface area contributed by atoms with E-state index in [1.807, 2.05) is 50.2 Å². The largest absolute Gasteiger partial charge is 0.309 e. The van der Waals surface area contributed by atoms with Crippen molar-refractivity contribution in [1.82, 2.24) is 19.7 Å². The van der Waals surface area contributed by atoms with E-state index >= 15 is 0 Å². The summed E-state index contributed by atoms with van der Waals surface area (Å²) >= 11 is 0. The summed E-state index contributed by atoms with van der Waals surface area (Å²) in [4.78, 5) is 21.2. The first-order valence-electron chi connectivity index (χ1n) is 8.14. The maximum atomic E-state index is 12.5. The van der Waals surface area contributed by atoms with Gasteiger partial charge in [-0.25, -0.2) is 9.97 Å². The Labute approximate surface area is 151 Å². The first-order valence-corrected chi connectivity index (χ1v) is 8.14. The summed E-state index contributed by atoms with van der Waals surface area (Å²) in [7, 11) is 0. The van der Waals surface area contributed by atoms with E-state index in [-0.39, 0.29) is 18.1 Å². The second-order valence-corrected chi connectivity index (χ2v) is 5.99. The fraction of sp³-hybridized carbons (Fsp3) is 0.211. The normalized spacial score (nSPS) is 10.4. The minimum Gasteiger partial charge on any atom is -0.309 e. The van der Waals surface area contributed by atoms with Crippen molar-refractivity contribution in [2.45, 2.75) is 27.2 Å². The molecule has 0 fully saturated rings. The van der Waals surface area contributed by atoms with Crippen LogP contribution in [0, 0.1) is 32.1 Å². The third-order valence-electron chi connectivity index (χ3n) is 3.80. The number of aromatic nitrogens is 4. The quantitative estimate of drug-likeness (QED) is 0.783. The molecule has 7 heteroatoms. The summed E-state index contributed by atoms with van der Waals surface area (Å²) in [6, 6.07) is 13.3. The highest BCUT2D eigenvalue weighted by atomic mass is 16.1. The van der Waals surface area contributed by atoms with Gasteiger partial charge in [-0.1, -0.05) is 30.3 Å². The zero-order valence-corrected chi connectivity index (χ0v) is 14.8. The second-order valence-electron chi connectivity index (χ2n) is 5.99. The van der Waals surface area contributed by atoms with Crippen molar-refractivity contribution in [3.63, 3.8) is 0 Å². The molecule has 26 heavy (non-hydrogen) atoms. The van der Waals surface area contributed by atoms with E-state index in [9.17, 15) is 10.1 Å². The molecule has 0 bridgehead atoms. The Morgan fingerprint density at radius 1 is 1.15 bits per heavy atom. The molecule has 0 atom stereocenters. The number of anilines is 1. The van der Waals surface area contributed by atoms with Gasteiger partial charge in [0.15, 0.2) is 5.82 Å². The van der Waals surface area contributed by atoms with Gasteiger partial charge in [0.2, 0.25) is 5.91 Å². The molecule has 7 nitrogen and oxygen atoms in total. The highest BCUT2D eigenvalue weighted by Gasteiger charge is 2.20. The van der Waals surface area contributed by atoms with Crippen LogP contribution in [0.15, 0.2) is 36.4 Å². The molecule has 0 saturated carbocycles. The fourth-order valence-electron chi connectivity index (χ4n) is 2.68. The fourth-order valence-corrected chi connectivity index (χ4v) is 2.68. The number of nitriles is 1. The average Bonchev–Trinajstić information content (AvgIpc) is 2.90. The topological polar surface area (TPSA) is 96.5 Å². The number of carbonyl (C=O) groups excluding carboxylic acids is 1. The lowest BCUT2D eigenvalue weighted by Gasteiger charge is -2.09. The van der Waals surface area contributed by atoms with Crippen molar-refractivity contribution < 1.29 is 4.79 Å². The zero-order valence-electron chi connectivity index (χ0n) is 14.8.